The van der Waals surface area contributed by atoms with E-state index in [4.69, 9.17) is 20.5 Å². The third-order valence-electron chi connectivity index (χ3n) is 4.36. The molecule has 0 bridgehead atoms. The van der Waals surface area contributed by atoms with Crippen molar-refractivity contribution in [2.24, 2.45) is 0 Å². The molecule has 0 spiro atoms. The molecular formula is C22H17ClN2O4S. The second-order valence-corrected chi connectivity index (χ2v) is 8.32. The molecule has 0 radical (unpaired) electrons. The number of hydrogen-bond acceptors (Lipinski definition) is 5. The van der Waals surface area contributed by atoms with Gasteiger partial charge < -0.3 is 8.92 Å². The molecule has 1 aromatic heterocycles. The van der Waals surface area contributed by atoms with Gasteiger partial charge in [-0.25, -0.2) is 0 Å². The van der Waals surface area contributed by atoms with Crippen LogP contribution in [-0.2, 0) is 10.1 Å². The Morgan fingerprint density at radius 2 is 1.57 bits per heavy atom. The zero-order valence-electron chi connectivity index (χ0n) is 15.9. The van der Waals surface area contributed by atoms with Crippen molar-refractivity contribution < 1.29 is 17.3 Å². The van der Waals surface area contributed by atoms with E-state index < -0.39 is 10.1 Å². The van der Waals surface area contributed by atoms with Crippen molar-refractivity contribution in [2.45, 2.75) is 4.90 Å². The Morgan fingerprint density at radius 1 is 0.900 bits per heavy atom. The van der Waals surface area contributed by atoms with Gasteiger partial charge in [-0.2, -0.15) is 18.2 Å². The normalized spacial score (nSPS) is 11.3. The lowest BCUT2D eigenvalue weighted by atomic mass is 10.2. The molecule has 0 N–H and O–H groups in total. The topological polar surface area (TPSA) is 70.4 Å². The van der Waals surface area contributed by atoms with Crippen molar-refractivity contribution in [3.05, 3.63) is 90.0 Å². The van der Waals surface area contributed by atoms with Gasteiger partial charge in [0.05, 0.1) is 18.5 Å². The van der Waals surface area contributed by atoms with Gasteiger partial charge in [-0.05, 0) is 48.5 Å². The summed E-state index contributed by atoms with van der Waals surface area (Å²) >= 11 is 5.86. The Hall–Kier alpha value is -3.29. The lowest BCUT2D eigenvalue weighted by Gasteiger charge is -2.10. The first-order valence-corrected chi connectivity index (χ1v) is 10.7. The van der Waals surface area contributed by atoms with Crippen molar-refractivity contribution in [2.75, 3.05) is 7.11 Å². The van der Waals surface area contributed by atoms with Crippen LogP contribution >= 0.6 is 11.6 Å². The zero-order valence-corrected chi connectivity index (χ0v) is 17.5. The van der Waals surface area contributed by atoms with E-state index in [1.165, 1.54) is 28.9 Å². The summed E-state index contributed by atoms with van der Waals surface area (Å²) in [6, 6.07) is 23.9. The van der Waals surface area contributed by atoms with Gasteiger partial charge in [0, 0.05) is 16.7 Å². The average molecular weight is 441 g/mol. The van der Waals surface area contributed by atoms with Crippen LogP contribution < -0.4 is 8.92 Å². The summed E-state index contributed by atoms with van der Waals surface area (Å²) in [7, 11) is -2.51. The lowest BCUT2D eigenvalue weighted by molar-refractivity contribution is 0.414. The van der Waals surface area contributed by atoms with E-state index in [0.29, 0.717) is 22.2 Å². The second-order valence-electron chi connectivity index (χ2n) is 6.34. The summed E-state index contributed by atoms with van der Waals surface area (Å²) in [5.74, 6) is 0.736. The van der Waals surface area contributed by atoms with Crippen LogP contribution in [0.3, 0.4) is 0 Å². The van der Waals surface area contributed by atoms with E-state index in [-0.39, 0.29) is 10.8 Å². The van der Waals surface area contributed by atoms with Crippen LogP contribution in [0.2, 0.25) is 5.02 Å². The minimum atomic E-state index is -4.09. The molecule has 1 heterocycles. The van der Waals surface area contributed by atoms with Crippen molar-refractivity contribution >= 4 is 21.7 Å². The molecule has 3 aromatic carbocycles. The fourth-order valence-corrected chi connectivity index (χ4v) is 3.88. The number of rotatable bonds is 6. The molecule has 4 rings (SSSR count). The Labute approximate surface area is 179 Å². The molecule has 0 fully saturated rings. The van der Waals surface area contributed by atoms with E-state index in [9.17, 15) is 8.42 Å². The van der Waals surface area contributed by atoms with Crippen LogP contribution in [-0.4, -0.2) is 25.3 Å². The largest absolute Gasteiger partial charge is 0.497 e. The molecule has 0 saturated carbocycles. The molecule has 0 aliphatic heterocycles. The highest BCUT2D eigenvalue weighted by Gasteiger charge is 2.21. The quantitative estimate of drug-likeness (QED) is 0.396. The molecule has 6 nitrogen and oxygen atoms in total. The third kappa shape index (κ3) is 4.17. The first-order chi connectivity index (χ1) is 14.5. The highest BCUT2D eigenvalue weighted by Crippen LogP contribution is 2.29. The molecule has 0 aliphatic rings. The Kier molecular flexibility index (Phi) is 5.48. The van der Waals surface area contributed by atoms with Gasteiger partial charge in [0.1, 0.15) is 10.6 Å². The summed E-state index contributed by atoms with van der Waals surface area (Å²) in [6.07, 6.45) is 0. The summed E-state index contributed by atoms with van der Waals surface area (Å²) in [6.45, 7) is 0. The monoisotopic (exact) mass is 440 g/mol. The van der Waals surface area contributed by atoms with Gasteiger partial charge in [0.2, 0.25) is 5.88 Å². The van der Waals surface area contributed by atoms with Gasteiger partial charge in [-0.1, -0.05) is 41.9 Å². The van der Waals surface area contributed by atoms with E-state index in [2.05, 4.69) is 5.10 Å². The Bertz CT molecular complexity index is 1250. The maximum atomic E-state index is 12.8. The van der Waals surface area contributed by atoms with Crippen molar-refractivity contribution in [1.82, 2.24) is 9.78 Å². The highest BCUT2D eigenvalue weighted by molar-refractivity contribution is 7.87. The second kappa shape index (κ2) is 8.22. The van der Waals surface area contributed by atoms with E-state index in [1.807, 2.05) is 30.3 Å². The molecule has 0 atom stereocenters. The fraction of sp³-hybridized carbons (Fsp3) is 0.0455. The van der Waals surface area contributed by atoms with Crippen LogP contribution in [0, 0.1) is 0 Å². The predicted molar refractivity (Wildman–Crippen MR) is 115 cm³/mol. The molecule has 8 heteroatoms. The molecule has 152 valence electrons. The first kappa shape index (κ1) is 20.0. The molecule has 0 saturated heterocycles. The molecule has 0 aliphatic carbocycles. The summed E-state index contributed by atoms with van der Waals surface area (Å²) in [5.41, 5.74) is 2.03. The highest BCUT2D eigenvalue weighted by atomic mass is 35.5. The Morgan fingerprint density at radius 3 is 2.20 bits per heavy atom. The number of methoxy groups -OCH3 is 1. The number of aromatic nitrogens is 2. The van der Waals surface area contributed by atoms with Gasteiger partial charge in [-0.15, -0.1) is 0 Å². The van der Waals surface area contributed by atoms with E-state index in [0.717, 1.165) is 5.56 Å². The fourth-order valence-electron chi connectivity index (χ4n) is 2.84. The Balaban J connectivity index is 1.78. The van der Waals surface area contributed by atoms with Crippen LogP contribution in [0.25, 0.3) is 16.9 Å². The molecule has 4 aromatic rings. The SMILES string of the molecule is COc1ccc(-n2nc(-c3ccccc3)cc2OS(=O)(=O)c2ccc(Cl)cc2)cc1. The van der Waals surface area contributed by atoms with Crippen LogP contribution in [0.1, 0.15) is 0 Å². The summed E-state index contributed by atoms with van der Waals surface area (Å²) < 4.78 is 37.7. The first-order valence-electron chi connectivity index (χ1n) is 8.96. The standard InChI is InChI=1S/C22H17ClN2O4S/c1-28-19-11-9-18(10-12-19)25-22(15-21(24-25)16-5-3-2-4-6-16)29-30(26,27)20-13-7-17(23)8-14-20/h2-15H,1H3. The number of nitrogens with zero attached hydrogens (tertiary/aromatic N) is 2. The zero-order chi connectivity index (χ0) is 21.1. The lowest BCUT2D eigenvalue weighted by Crippen LogP contribution is -2.12. The third-order valence-corrected chi connectivity index (χ3v) is 5.85. The van der Waals surface area contributed by atoms with Gasteiger partial charge in [-0.3, -0.25) is 0 Å². The van der Waals surface area contributed by atoms with Crippen LogP contribution in [0.15, 0.2) is 89.8 Å². The van der Waals surface area contributed by atoms with Gasteiger partial charge in [0.25, 0.3) is 0 Å². The smallest absolute Gasteiger partial charge is 0.340 e. The van der Waals surface area contributed by atoms with E-state index in [1.54, 1.807) is 37.4 Å². The average Bonchev–Trinajstić information content (AvgIpc) is 3.18. The molecule has 0 unspecified atom stereocenters. The summed E-state index contributed by atoms with van der Waals surface area (Å²) in [5, 5.41) is 5.00. The van der Waals surface area contributed by atoms with Crippen molar-refractivity contribution in [1.29, 1.82) is 0 Å². The predicted octanol–water partition coefficient (Wildman–Crippen LogP) is 4.97. The number of hydrogen-bond donors (Lipinski definition) is 0. The van der Waals surface area contributed by atoms with Crippen LogP contribution in [0.4, 0.5) is 0 Å². The maximum absolute atomic E-state index is 12.8. The van der Waals surface area contributed by atoms with Crippen molar-refractivity contribution in [3.63, 3.8) is 0 Å². The van der Waals surface area contributed by atoms with E-state index >= 15 is 0 Å². The maximum Gasteiger partial charge on any atom is 0.340 e. The molecular weight excluding hydrogens is 424 g/mol. The van der Waals surface area contributed by atoms with Crippen LogP contribution in [0.5, 0.6) is 11.6 Å². The minimum absolute atomic E-state index is 0.00404. The number of benzene rings is 3. The van der Waals surface area contributed by atoms with Crippen molar-refractivity contribution in [3.8, 4) is 28.6 Å². The summed E-state index contributed by atoms with van der Waals surface area (Å²) in [4.78, 5) is -0.00404. The number of ether oxygens (including phenoxy) is 1. The van der Waals surface area contributed by atoms with Gasteiger partial charge in [0.15, 0.2) is 0 Å². The number of halogens is 1. The minimum Gasteiger partial charge on any atom is -0.497 e. The van der Waals surface area contributed by atoms with Gasteiger partial charge >= 0.3 is 10.1 Å². The molecule has 30 heavy (non-hydrogen) atoms. The molecule has 0 amide bonds.